The molecular formula is C18H24N3O6+. The van der Waals surface area contributed by atoms with Crippen LogP contribution in [0.15, 0.2) is 24.3 Å². The zero-order valence-corrected chi connectivity index (χ0v) is 15.4. The van der Waals surface area contributed by atoms with E-state index in [2.05, 4.69) is 15.4 Å². The van der Waals surface area contributed by atoms with Gasteiger partial charge in [-0.25, -0.2) is 4.79 Å². The van der Waals surface area contributed by atoms with Crippen LogP contribution in [0.2, 0.25) is 0 Å². The van der Waals surface area contributed by atoms with E-state index >= 15 is 0 Å². The second-order valence-electron chi connectivity index (χ2n) is 6.02. The lowest BCUT2D eigenvalue weighted by Crippen LogP contribution is -3.20. The molecule has 1 heterocycles. The van der Waals surface area contributed by atoms with Crippen LogP contribution < -0.4 is 15.5 Å². The van der Waals surface area contributed by atoms with Crippen LogP contribution in [0.3, 0.4) is 0 Å². The summed E-state index contributed by atoms with van der Waals surface area (Å²) in [4.78, 5) is 48.8. The Hall–Kier alpha value is -2.94. The molecule has 0 saturated carbocycles. The molecule has 2 atom stereocenters. The first kappa shape index (κ1) is 20.4. The van der Waals surface area contributed by atoms with Crippen LogP contribution in [0.25, 0.3) is 0 Å². The number of rotatable bonds is 7. The van der Waals surface area contributed by atoms with Gasteiger partial charge in [-0.05, 0) is 19.1 Å². The van der Waals surface area contributed by atoms with Crippen molar-refractivity contribution < 1.29 is 33.6 Å². The molecule has 9 heteroatoms. The van der Waals surface area contributed by atoms with Crippen LogP contribution in [0.1, 0.15) is 23.7 Å². The van der Waals surface area contributed by atoms with E-state index in [0.717, 1.165) is 0 Å². The number of amides is 2. The number of nitrogens with one attached hydrogen (secondary N) is 3. The molecule has 0 aromatic heterocycles. The molecule has 1 fully saturated rings. The van der Waals surface area contributed by atoms with E-state index in [-0.39, 0.29) is 37.0 Å². The molecule has 1 aromatic rings. The van der Waals surface area contributed by atoms with Gasteiger partial charge in [-0.2, -0.15) is 0 Å². The summed E-state index contributed by atoms with van der Waals surface area (Å²) in [6.45, 7) is 2.82. The SMILES string of the molecule is CCOC(=O)c1ccccc1NC(=O)C[NH+]1CCNC(=O)[C@@H]1CC(=O)OC. The molecule has 0 aliphatic carbocycles. The maximum Gasteiger partial charge on any atom is 0.340 e. The Morgan fingerprint density at radius 1 is 1.30 bits per heavy atom. The highest BCUT2D eigenvalue weighted by molar-refractivity contribution is 6.01. The molecule has 3 N–H and O–H groups in total. The monoisotopic (exact) mass is 378 g/mol. The number of hydrogen-bond donors (Lipinski definition) is 3. The Kier molecular flexibility index (Phi) is 7.30. The van der Waals surface area contributed by atoms with E-state index < -0.39 is 18.0 Å². The van der Waals surface area contributed by atoms with Gasteiger partial charge in [0.2, 0.25) is 0 Å². The van der Waals surface area contributed by atoms with Crippen molar-refractivity contribution in [1.82, 2.24) is 5.32 Å². The van der Waals surface area contributed by atoms with Gasteiger partial charge < -0.3 is 25.0 Å². The molecule has 146 valence electrons. The Morgan fingerprint density at radius 3 is 2.74 bits per heavy atom. The zero-order valence-electron chi connectivity index (χ0n) is 15.4. The van der Waals surface area contributed by atoms with Gasteiger partial charge in [0.15, 0.2) is 12.6 Å². The van der Waals surface area contributed by atoms with E-state index in [9.17, 15) is 19.2 Å². The van der Waals surface area contributed by atoms with Crippen molar-refractivity contribution >= 4 is 29.4 Å². The topological polar surface area (TPSA) is 115 Å². The number of piperazine rings is 1. The minimum atomic E-state index is -0.697. The minimum absolute atomic E-state index is 0.0216. The second kappa shape index (κ2) is 9.67. The number of carbonyl (C=O) groups excluding carboxylic acids is 4. The van der Waals surface area contributed by atoms with Crippen molar-refractivity contribution in [1.29, 1.82) is 0 Å². The maximum absolute atomic E-state index is 12.5. The third-order valence-electron chi connectivity index (χ3n) is 4.24. The van der Waals surface area contributed by atoms with Crippen molar-refractivity contribution in [3.05, 3.63) is 29.8 Å². The van der Waals surface area contributed by atoms with Crippen molar-refractivity contribution in [2.75, 3.05) is 38.7 Å². The second-order valence-corrected chi connectivity index (χ2v) is 6.02. The standard InChI is InChI=1S/C18H23N3O6/c1-3-27-18(25)12-6-4-5-7-13(12)20-15(22)11-21-9-8-19-17(24)14(21)10-16(23)26-2/h4-7,14H,3,8-11H2,1-2H3,(H,19,24)(H,20,22)/p+1/t14-/m0/s1. The lowest BCUT2D eigenvalue weighted by molar-refractivity contribution is -0.909. The first-order valence-corrected chi connectivity index (χ1v) is 8.71. The molecular weight excluding hydrogens is 354 g/mol. The molecule has 2 rings (SSSR count). The summed E-state index contributed by atoms with van der Waals surface area (Å²) in [5.74, 6) is -1.70. The fourth-order valence-electron chi connectivity index (χ4n) is 2.91. The fraction of sp³-hybridized carbons (Fsp3) is 0.444. The van der Waals surface area contributed by atoms with E-state index in [0.29, 0.717) is 23.7 Å². The number of esters is 2. The highest BCUT2D eigenvalue weighted by atomic mass is 16.5. The Morgan fingerprint density at radius 2 is 2.04 bits per heavy atom. The average Bonchev–Trinajstić information content (AvgIpc) is 2.65. The molecule has 1 saturated heterocycles. The molecule has 1 aliphatic heterocycles. The number of para-hydroxylation sites is 1. The molecule has 0 radical (unpaired) electrons. The Labute approximate surface area is 157 Å². The number of methoxy groups -OCH3 is 1. The summed E-state index contributed by atoms with van der Waals surface area (Å²) in [6.07, 6.45) is -0.107. The number of carbonyl (C=O) groups is 4. The highest BCUT2D eigenvalue weighted by Gasteiger charge is 2.36. The van der Waals surface area contributed by atoms with Crippen molar-refractivity contribution in [3.63, 3.8) is 0 Å². The maximum atomic E-state index is 12.5. The highest BCUT2D eigenvalue weighted by Crippen LogP contribution is 2.16. The van der Waals surface area contributed by atoms with Gasteiger partial charge in [0.1, 0.15) is 6.42 Å². The van der Waals surface area contributed by atoms with Crippen molar-refractivity contribution in [2.45, 2.75) is 19.4 Å². The smallest absolute Gasteiger partial charge is 0.340 e. The summed E-state index contributed by atoms with van der Waals surface area (Å²) in [5, 5.41) is 5.38. The van der Waals surface area contributed by atoms with Crippen LogP contribution in [0.4, 0.5) is 5.69 Å². The number of ether oxygens (including phenoxy) is 2. The van der Waals surface area contributed by atoms with Crippen LogP contribution in [0.5, 0.6) is 0 Å². The van der Waals surface area contributed by atoms with E-state index in [1.165, 1.54) is 7.11 Å². The first-order valence-electron chi connectivity index (χ1n) is 8.71. The van der Waals surface area contributed by atoms with E-state index in [1.807, 2.05) is 0 Å². The number of quaternary nitrogens is 1. The van der Waals surface area contributed by atoms with E-state index in [4.69, 9.17) is 4.74 Å². The molecule has 27 heavy (non-hydrogen) atoms. The molecule has 9 nitrogen and oxygen atoms in total. The summed E-state index contributed by atoms with van der Waals surface area (Å²) < 4.78 is 9.62. The molecule has 2 amide bonds. The van der Waals surface area contributed by atoms with E-state index in [1.54, 1.807) is 31.2 Å². The third-order valence-corrected chi connectivity index (χ3v) is 4.24. The van der Waals surface area contributed by atoms with Gasteiger partial charge in [-0.1, -0.05) is 12.1 Å². The van der Waals surface area contributed by atoms with Crippen molar-refractivity contribution in [2.24, 2.45) is 0 Å². The third kappa shape index (κ3) is 5.52. The molecule has 1 aliphatic rings. The Bertz CT molecular complexity index is 721. The summed E-state index contributed by atoms with van der Waals surface area (Å²) in [6, 6.07) is 5.84. The van der Waals surface area contributed by atoms with Gasteiger partial charge >= 0.3 is 11.9 Å². The van der Waals surface area contributed by atoms with Crippen LogP contribution in [-0.2, 0) is 23.9 Å². The van der Waals surface area contributed by atoms with Gasteiger partial charge in [0, 0.05) is 0 Å². The normalized spacial score (nSPS) is 19.0. The predicted molar refractivity (Wildman–Crippen MR) is 95.2 cm³/mol. The number of anilines is 1. The summed E-state index contributed by atoms with van der Waals surface area (Å²) >= 11 is 0. The van der Waals surface area contributed by atoms with Gasteiger partial charge in [-0.15, -0.1) is 0 Å². The van der Waals surface area contributed by atoms with Crippen LogP contribution in [0, 0.1) is 0 Å². The van der Waals surface area contributed by atoms with Gasteiger partial charge in [-0.3, -0.25) is 14.4 Å². The molecule has 1 unspecified atom stereocenters. The summed E-state index contributed by atoms with van der Waals surface area (Å²) in [5.41, 5.74) is 0.594. The number of benzene rings is 1. The molecule has 0 bridgehead atoms. The molecule has 1 aromatic carbocycles. The first-order chi connectivity index (χ1) is 13.0. The summed E-state index contributed by atoms with van der Waals surface area (Å²) in [7, 11) is 1.25. The van der Waals surface area contributed by atoms with Crippen molar-refractivity contribution in [3.8, 4) is 0 Å². The molecule has 0 spiro atoms. The number of hydrogen-bond acceptors (Lipinski definition) is 6. The van der Waals surface area contributed by atoms with Crippen LogP contribution >= 0.6 is 0 Å². The lowest BCUT2D eigenvalue weighted by atomic mass is 10.1. The largest absolute Gasteiger partial charge is 0.469 e. The van der Waals surface area contributed by atoms with Gasteiger partial charge in [0.05, 0.1) is 38.1 Å². The minimum Gasteiger partial charge on any atom is -0.469 e. The Balaban J connectivity index is 2.07. The van der Waals surface area contributed by atoms with Crippen LogP contribution in [-0.4, -0.2) is 63.1 Å². The fourth-order valence-corrected chi connectivity index (χ4v) is 2.91. The zero-order chi connectivity index (χ0) is 19.8. The average molecular weight is 378 g/mol. The quantitative estimate of drug-likeness (QED) is 0.511. The predicted octanol–water partition coefficient (Wildman–Crippen LogP) is -1.25. The lowest BCUT2D eigenvalue weighted by Gasteiger charge is -2.30. The van der Waals surface area contributed by atoms with Gasteiger partial charge in [0.25, 0.3) is 11.8 Å².